The molecule has 0 spiro atoms. The van der Waals surface area contributed by atoms with Gasteiger partial charge in [0.1, 0.15) is 6.61 Å². The Bertz CT molecular complexity index is 919. The second-order valence-corrected chi connectivity index (χ2v) is 10.0. The fourth-order valence-electron chi connectivity index (χ4n) is 3.72. The third kappa shape index (κ3) is 4.77. The van der Waals surface area contributed by atoms with Crippen LogP contribution in [0.4, 0.5) is 0 Å². The molecule has 4 rings (SSSR count). The number of nitrogens with one attached hydrogen (secondary N) is 1. The van der Waals surface area contributed by atoms with E-state index in [1.165, 1.54) is 23.6 Å². The topological polar surface area (TPSA) is 75.7 Å². The molecule has 2 unspecified atom stereocenters. The average molecular weight is 587 g/mol. The van der Waals surface area contributed by atoms with Gasteiger partial charge in [0.05, 0.1) is 16.5 Å². The van der Waals surface area contributed by atoms with E-state index >= 15 is 0 Å². The Morgan fingerprint density at radius 3 is 2.19 bits per heavy atom. The molecular formula is C23H24ClIN2O4S. The number of halogens is 2. The summed E-state index contributed by atoms with van der Waals surface area (Å²) in [6.45, 7) is 1.37. The molecule has 0 bridgehead atoms. The number of esters is 1. The van der Waals surface area contributed by atoms with Crippen molar-refractivity contribution in [3.8, 4) is 0 Å². The Morgan fingerprint density at radius 1 is 1.16 bits per heavy atom. The fourth-order valence-corrected chi connectivity index (χ4v) is 7.53. The van der Waals surface area contributed by atoms with Crippen molar-refractivity contribution >= 4 is 63.7 Å². The molecular weight excluding hydrogens is 563 g/mol. The van der Waals surface area contributed by atoms with Crippen LogP contribution in [0.2, 0.25) is 0 Å². The van der Waals surface area contributed by atoms with Crippen LogP contribution in [0.15, 0.2) is 66.7 Å². The van der Waals surface area contributed by atoms with E-state index in [0.29, 0.717) is 10.8 Å². The summed E-state index contributed by atoms with van der Waals surface area (Å²) in [6, 6.07) is 21.2. The van der Waals surface area contributed by atoms with Crippen molar-refractivity contribution in [2.75, 3.05) is 10.3 Å². The van der Waals surface area contributed by atoms with E-state index in [9.17, 15) is 14.4 Å². The Hall–Kier alpha value is -1.78. The maximum Gasteiger partial charge on any atom is 0.355 e. The average Bonchev–Trinajstić information content (AvgIpc) is 3.04. The molecule has 170 valence electrons. The van der Waals surface area contributed by atoms with Gasteiger partial charge in [-0.2, -0.15) is 0 Å². The highest BCUT2D eigenvalue weighted by molar-refractivity contribution is 14.1. The number of fused-ring (bicyclic) bond motifs is 1. The molecule has 3 atom stereocenters. The van der Waals surface area contributed by atoms with E-state index in [-0.39, 0.29) is 23.8 Å². The van der Waals surface area contributed by atoms with Gasteiger partial charge in [0.2, 0.25) is 17.5 Å². The van der Waals surface area contributed by atoms with Gasteiger partial charge >= 0.3 is 5.97 Å². The normalized spacial score (nSPS) is 25.7. The molecule has 2 aliphatic heterocycles. The van der Waals surface area contributed by atoms with Crippen LogP contribution in [0.5, 0.6) is 0 Å². The molecule has 2 amide bonds. The van der Waals surface area contributed by atoms with Crippen molar-refractivity contribution < 1.29 is 19.1 Å². The van der Waals surface area contributed by atoms with E-state index in [1.807, 2.05) is 66.7 Å². The van der Waals surface area contributed by atoms with Gasteiger partial charge in [-0.15, -0.1) is 23.4 Å². The third-order valence-electron chi connectivity index (χ3n) is 5.25. The molecule has 0 aliphatic carbocycles. The molecule has 6 nitrogen and oxygen atoms in total. The molecule has 0 radical (unpaired) electrons. The van der Waals surface area contributed by atoms with Crippen molar-refractivity contribution in [3.05, 3.63) is 72.3 Å². The van der Waals surface area contributed by atoms with Gasteiger partial charge in [-0.25, -0.2) is 4.79 Å². The van der Waals surface area contributed by atoms with Crippen LogP contribution >= 0.6 is 46.0 Å². The summed E-state index contributed by atoms with van der Waals surface area (Å²) in [5.74, 6) is -1.16. The summed E-state index contributed by atoms with van der Waals surface area (Å²) >= 11 is 9.88. The lowest BCUT2D eigenvalue weighted by atomic mass is 9.89. The van der Waals surface area contributed by atoms with Crippen LogP contribution in [0, 0.1) is 0 Å². The zero-order valence-corrected chi connectivity index (χ0v) is 21.2. The van der Waals surface area contributed by atoms with Crippen LogP contribution in [-0.4, -0.2) is 48.8 Å². The van der Waals surface area contributed by atoms with Crippen LogP contribution < -0.4 is 5.32 Å². The summed E-state index contributed by atoms with van der Waals surface area (Å²) in [7, 11) is 0. The molecule has 2 fully saturated rings. The Balaban J connectivity index is 0.000000416. The Labute approximate surface area is 210 Å². The van der Waals surface area contributed by atoms with Crippen molar-refractivity contribution in [2.45, 2.75) is 35.7 Å². The maximum absolute atomic E-state index is 13.2. The largest absolute Gasteiger partial charge is 0.458 e. The number of carbonyl (C=O) groups is 3. The highest BCUT2D eigenvalue weighted by Gasteiger charge is 2.73. The number of carbonyl (C=O) groups excluding carboxylic acids is 3. The number of benzene rings is 2. The number of nitrogens with zero attached hydrogens (tertiary/aromatic N) is 1. The molecule has 9 heteroatoms. The van der Waals surface area contributed by atoms with E-state index in [4.69, 9.17) is 16.3 Å². The first-order chi connectivity index (χ1) is 15.4. The molecule has 1 N–H and O–H groups in total. The standard InChI is InChI=1S/C17H18ClIN2O4S.C6H6/c1-11(22)20-17(15(24)25-8-12-5-3-2-4-6-12)16(9-18,10-19)26-14-7-13(23)21(14)17;1-2-4-6-5-3-1/h2-6,14H,7-10H2,1H3,(H,20,22);1-6H/t14-,16?,17?;/m1./s1. The lowest BCUT2D eigenvalue weighted by molar-refractivity contribution is -0.178. The van der Waals surface area contributed by atoms with Gasteiger partial charge in [-0.05, 0) is 5.56 Å². The second-order valence-electron chi connectivity index (χ2n) is 7.41. The smallest absolute Gasteiger partial charge is 0.355 e. The number of hydrogen-bond acceptors (Lipinski definition) is 5. The molecule has 0 aromatic heterocycles. The van der Waals surface area contributed by atoms with Crippen molar-refractivity contribution in [1.82, 2.24) is 10.2 Å². The zero-order valence-electron chi connectivity index (χ0n) is 17.5. The van der Waals surface area contributed by atoms with E-state index in [2.05, 4.69) is 27.9 Å². The SMILES string of the molecule is CC(=O)NC1(C(=O)OCc2ccccc2)N2C(=O)C[C@H]2SC1(CCl)CI.c1ccccc1. The number of hydrogen-bond donors (Lipinski definition) is 1. The van der Waals surface area contributed by atoms with Crippen LogP contribution in [-0.2, 0) is 25.7 Å². The van der Waals surface area contributed by atoms with Crippen molar-refractivity contribution in [3.63, 3.8) is 0 Å². The van der Waals surface area contributed by atoms with Crippen molar-refractivity contribution in [1.29, 1.82) is 0 Å². The molecule has 32 heavy (non-hydrogen) atoms. The monoisotopic (exact) mass is 586 g/mol. The molecule has 2 aliphatic rings. The molecule has 2 saturated heterocycles. The van der Waals surface area contributed by atoms with E-state index < -0.39 is 22.3 Å². The van der Waals surface area contributed by atoms with Crippen molar-refractivity contribution in [2.24, 2.45) is 0 Å². The predicted octanol–water partition coefficient (Wildman–Crippen LogP) is 3.97. The van der Waals surface area contributed by atoms with Crippen LogP contribution in [0.1, 0.15) is 18.9 Å². The minimum absolute atomic E-state index is 0.0536. The minimum atomic E-state index is -1.60. The maximum atomic E-state index is 13.2. The second kappa shape index (κ2) is 10.9. The predicted molar refractivity (Wildman–Crippen MR) is 134 cm³/mol. The van der Waals surface area contributed by atoms with Gasteiger partial charge < -0.3 is 10.1 Å². The minimum Gasteiger partial charge on any atom is -0.458 e. The molecule has 2 aromatic carbocycles. The molecule has 0 saturated carbocycles. The lowest BCUT2D eigenvalue weighted by Gasteiger charge is -2.48. The highest BCUT2D eigenvalue weighted by atomic mass is 127. The number of ether oxygens (including phenoxy) is 1. The van der Waals surface area contributed by atoms with Crippen LogP contribution in [0.3, 0.4) is 0 Å². The first-order valence-electron chi connectivity index (χ1n) is 10.0. The summed E-state index contributed by atoms with van der Waals surface area (Å²) in [5, 5.41) is 2.54. The molecule has 2 heterocycles. The quantitative estimate of drug-likeness (QED) is 0.240. The van der Waals surface area contributed by atoms with E-state index in [0.717, 1.165) is 5.56 Å². The van der Waals surface area contributed by atoms with Gasteiger partial charge in [0, 0.05) is 17.2 Å². The van der Waals surface area contributed by atoms with E-state index in [1.54, 1.807) is 0 Å². The number of alkyl halides is 2. The Kier molecular flexibility index (Phi) is 8.46. The summed E-state index contributed by atoms with van der Waals surface area (Å²) in [6.07, 6.45) is 0.327. The fraction of sp³-hybridized carbons (Fsp3) is 0.348. The number of rotatable bonds is 6. The summed E-state index contributed by atoms with van der Waals surface area (Å²) < 4.78 is 5.17. The summed E-state index contributed by atoms with van der Waals surface area (Å²) in [4.78, 5) is 39.0. The first kappa shape index (κ1) is 24.9. The highest BCUT2D eigenvalue weighted by Crippen LogP contribution is 2.57. The van der Waals surface area contributed by atoms with Crippen LogP contribution in [0.25, 0.3) is 0 Å². The first-order valence-corrected chi connectivity index (χ1v) is 13.0. The lowest BCUT2D eigenvalue weighted by Crippen LogP contribution is -2.77. The summed E-state index contributed by atoms with van der Waals surface area (Å²) in [5.41, 5.74) is -0.775. The van der Waals surface area contributed by atoms with Gasteiger partial charge in [0.25, 0.3) is 0 Å². The number of β-lactam (4-membered cyclic amide) rings is 1. The van der Waals surface area contributed by atoms with Gasteiger partial charge in [-0.3, -0.25) is 14.5 Å². The molecule has 2 aromatic rings. The number of thioether (sulfide) groups is 1. The third-order valence-corrected chi connectivity index (χ3v) is 9.37. The Morgan fingerprint density at radius 2 is 1.72 bits per heavy atom. The number of amides is 2. The van der Waals surface area contributed by atoms with Gasteiger partial charge in [0.15, 0.2) is 0 Å². The zero-order chi connectivity index (χ0) is 23.2. The van der Waals surface area contributed by atoms with Gasteiger partial charge in [-0.1, -0.05) is 89.3 Å².